The fraction of sp³-hybridized carbons (Fsp3) is 0.533. The summed E-state index contributed by atoms with van der Waals surface area (Å²) in [6, 6.07) is 19.4. The number of aromatic nitrogens is 1. The van der Waals surface area contributed by atoms with Gasteiger partial charge < -0.3 is 15.6 Å². The summed E-state index contributed by atoms with van der Waals surface area (Å²) in [4.78, 5) is 0. The van der Waals surface area contributed by atoms with Gasteiger partial charge in [-0.05, 0) is 88.1 Å². The molecule has 0 amide bonds. The molecule has 1 unspecified atom stereocenters. The van der Waals surface area contributed by atoms with Crippen molar-refractivity contribution in [3.8, 4) is 0 Å². The molecule has 1 saturated heterocycles. The first-order chi connectivity index (χ1) is 16.2. The second-order valence-corrected chi connectivity index (χ2v) is 10.7. The van der Waals surface area contributed by atoms with Crippen LogP contribution >= 0.6 is 0 Å². The number of benzene rings is 2. The van der Waals surface area contributed by atoms with Crippen molar-refractivity contribution in [2.75, 3.05) is 13.1 Å². The van der Waals surface area contributed by atoms with Crippen molar-refractivity contribution in [2.24, 2.45) is 11.7 Å². The van der Waals surface area contributed by atoms with E-state index in [-0.39, 0.29) is 0 Å². The predicted molar refractivity (Wildman–Crippen MR) is 140 cm³/mol. The molecular weight excluding hydrogens is 402 g/mol. The maximum Gasteiger partial charge on any atom is 0.0485 e. The molecule has 33 heavy (non-hydrogen) atoms. The summed E-state index contributed by atoms with van der Waals surface area (Å²) in [5, 5.41) is 4.98. The summed E-state index contributed by atoms with van der Waals surface area (Å²) in [7, 11) is 0. The van der Waals surface area contributed by atoms with E-state index in [1.807, 2.05) is 0 Å². The van der Waals surface area contributed by atoms with Gasteiger partial charge in [-0.1, -0.05) is 60.9 Å². The van der Waals surface area contributed by atoms with Gasteiger partial charge in [-0.3, -0.25) is 0 Å². The van der Waals surface area contributed by atoms with Crippen LogP contribution in [-0.4, -0.2) is 23.7 Å². The SMILES string of the molecule is Cc1cccc(C(CCCC2CCC(N)CC2)c2cn(C3CCNCC3)c3ccccc23)c1. The molecule has 3 heteroatoms. The predicted octanol–water partition coefficient (Wildman–Crippen LogP) is 6.69. The molecule has 0 radical (unpaired) electrons. The maximum absolute atomic E-state index is 6.15. The average Bonchev–Trinajstić information content (AvgIpc) is 3.23. The van der Waals surface area contributed by atoms with E-state index in [2.05, 4.69) is 71.5 Å². The highest BCUT2D eigenvalue weighted by Gasteiger charge is 2.24. The van der Waals surface area contributed by atoms with E-state index in [1.54, 1.807) is 0 Å². The van der Waals surface area contributed by atoms with Crippen LogP contribution in [0.1, 0.15) is 86.4 Å². The number of nitrogens with one attached hydrogen (secondary N) is 1. The van der Waals surface area contributed by atoms with E-state index in [4.69, 9.17) is 5.73 Å². The van der Waals surface area contributed by atoms with Gasteiger partial charge in [0, 0.05) is 35.1 Å². The van der Waals surface area contributed by atoms with Crippen molar-refractivity contribution >= 4 is 10.9 Å². The molecule has 5 rings (SSSR count). The maximum atomic E-state index is 6.15. The lowest BCUT2D eigenvalue weighted by Crippen LogP contribution is -2.29. The van der Waals surface area contributed by atoms with Crippen LogP contribution in [0.3, 0.4) is 0 Å². The van der Waals surface area contributed by atoms with Crippen molar-refractivity contribution in [1.82, 2.24) is 9.88 Å². The number of piperidine rings is 1. The molecule has 2 heterocycles. The number of hydrogen-bond donors (Lipinski definition) is 2. The molecule has 1 atom stereocenters. The highest BCUT2D eigenvalue weighted by atomic mass is 15.0. The Bertz CT molecular complexity index is 1040. The van der Waals surface area contributed by atoms with Crippen LogP contribution in [0, 0.1) is 12.8 Å². The molecule has 0 bridgehead atoms. The third kappa shape index (κ3) is 5.20. The van der Waals surface area contributed by atoms with E-state index in [0.29, 0.717) is 18.0 Å². The molecule has 0 spiro atoms. The average molecular weight is 444 g/mol. The minimum atomic E-state index is 0.447. The van der Waals surface area contributed by atoms with Crippen LogP contribution in [0.25, 0.3) is 10.9 Å². The van der Waals surface area contributed by atoms with Gasteiger partial charge in [-0.2, -0.15) is 0 Å². The summed E-state index contributed by atoms with van der Waals surface area (Å²) < 4.78 is 2.61. The number of hydrogen-bond acceptors (Lipinski definition) is 2. The Morgan fingerprint density at radius 2 is 1.76 bits per heavy atom. The molecule has 1 aliphatic heterocycles. The Balaban J connectivity index is 1.44. The minimum Gasteiger partial charge on any atom is -0.344 e. The number of nitrogens with zero attached hydrogens (tertiary/aromatic N) is 1. The van der Waals surface area contributed by atoms with E-state index in [1.165, 1.54) is 85.4 Å². The molecule has 1 aromatic heterocycles. The van der Waals surface area contributed by atoms with E-state index < -0.39 is 0 Å². The molecule has 2 fully saturated rings. The van der Waals surface area contributed by atoms with Gasteiger partial charge >= 0.3 is 0 Å². The molecule has 3 N–H and O–H groups in total. The fourth-order valence-corrected chi connectivity index (χ4v) is 6.37. The molecule has 3 nitrogen and oxygen atoms in total. The van der Waals surface area contributed by atoms with Crippen LogP contribution in [0.5, 0.6) is 0 Å². The van der Waals surface area contributed by atoms with Crippen molar-refractivity contribution < 1.29 is 0 Å². The summed E-state index contributed by atoms with van der Waals surface area (Å²) in [6.07, 6.45) is 13.9. The standard InChI is InChI=1S/C30H41N3/c1-22-6-4-8-24(20-22)27(10-5-7-23-12-14-25(31)15-13-23)29-21-33(26-16-18-32-19-17-26)30-11-3-2-9-28(29)30/h2-4,6,8-9,11,20-21,23,25-27,32H,5,7,10,12-19,31H2,1H3. The quantitative estimate of drug-likeness (QED) is 0.427. The lowest BCUT2D eigenvalue weighted by Gasteiger charge is -2.27. The van der Waals surface area contributed by atoms with Gasteiger partial charge in [-0.25, -0.2) is 0 Å². The van der Waals surface area contributed by atoms with Crippen LogP contribution < -0.4 is 11.1 Å². The zero-order valence-electron chi connectivity index (χ0n) is 20.3. The largest absolute Gasteiger partial charge is 0.344 e. The summed E-state index contributed by atoms with van der Waals surface area (Å²) in [6.45, 7) is 4.47. The summed E-state index contributed by atoms with van der Waals surface area (Å²) in [5.41, 5.74) is 11.9. The van der Waals surface area contributed by atoms with Crippen LogP contribution in [0.2, 0.25) is 0 Å². The lowest BCUT2D eigenvalue weighted by molar-refractivity contribution is 0.302. The van der Waals surface area contributed by atoms with Crippen molar-refractivity contribution in [2.45, 2.75) is 82.7 Å². The zero-order valence-corrected chi connectivity index (χ0v) is 20.3. The molecule has 1 aliphatic carbocycles. The number of aryl methyl sites for hydroxylation is 1. The molecule has 3 aromatic rings. The molecule has 176 valence electrons. The number of rotatable bonds is 7. The van der Waals surface area contributed by atoms with Gasteiger partial charge in [0.2, 0.25) is 0 Å². The Morgan fingerprint density at radius 3 is 2.55 bits per heavy atom. The topological polar surface area (TPSA) is 43.0 Å². The Labute approximate surface area is 199 Å². The minimum absolute atomic E-state index is 0.447. The monoisotopic (exact) mass is 443 g/mol. The first-order valence-electron chi connectivity index (χ1n) is 13.3. The molecular formula is C30H41N3. The zero-order chi connectivity index (χ0) is 22.6. The normalized spacial score (nSPS) is 23.1. The summed E-state index contributed by atoms with van der Waals surface area (Å²) >= 11 is 0. The second-order valence-electron chi connectivity index (χ2n) is 10.7. The van der Waals surface area contributed by atoms with Gasteiger partial charge in [0.05, 0.1) is 0 Å². The molecule has 1 saturated carbocycles. The van der Waals surface area contributed by atoms with Crippen LogP contribution in [0.4, 0.5) is 0 Å². The van der Waals surface area contributed by atoms with Crippen molar-refractivity contribution in [3.63, 3.8) is 0 Å². The third-order valence-corrected chi connectivity index (χ3v) is 8.29. The smallest absolute Gasteiger partial charge is 0.0485 e. The fourth-order valence-electron chi connectivity index (χ4n) is 6.37. The molecule has 2 aromatic carbocycles. The number of para-hydroxylation sites is 1. The second kappa shape index (κ2) is 10.4. The number of fused-ring (bicyclic) bond motifs is 1. The number of nitrogens with two attached hydrogens (primary N) is 1. The lowest BCUT2D eigenvalue weighted by atomic mass is 9.81. The van der Waals surface area contributed by atoms with Gasteiger partial charge in [0.15, 0.2) is 0 Å². The molecule has 2 aliphatic rings. The van der Waals surface area contributed by atoms with Gasteiger partial charge in [0.1, 0.15) is 0 Å². The first-order valence-corrected chi connectivity index (χ1v) is 13.3. The highest BCUT2D eigenvalue weighted by Crippen LogP contribution is 2.39. The Hall–Kier alpha value is -2.10. The van der Waals surface area contributed by atoms with Gasteiger partial charge in [-0.15, -0.1) is 0 Å². The van der Waals surface area contributed by atoms with E-state index in [0.717, 1.165) is 19.0 Å². The Morgan fingerprint density at radius 1 is 0.970 bits per heavy atom. The van der Waals surface area contributed by atoms with Crippen molar-refractivity contribution in [3.05, 3.63) is 71.4 Å². The highest BCUT2D eigenvalue weighted by molar-refractivity contribution is 5.85. The summed E-state index contributed by atoms with van der Waals surface area (Å²) in [5.74, 6) is 1.34. The van der Waals surface area contributed by atoms with Gasteiger partial charge in [0.25, 0.3) is 0 Å². The van der Waals surface area contributed by atoms with E-state index in [9.17, 15) is 0 Å². The first kappa shape index (κ1) is 22.7. The van der Waals surface area contributed by atoms with Crippen LogP contribution in [-0.2, 0) is 0 Å². The third-order valence-electron chi connectivity index (χ3n) is 8.29. The van der Waals surface area contributed by atoms with Crippen molar-refractivity contribution in [1.29, 1.82) is 0 Å². The Kier molecular flexibility index (Phi) is 7.18. The van der Waals surface area contributed by atoms with Crippen LogP contribution in [0.15, 0.2) is 54.7 Å². The van der Waals surface area contributed by atoms with E-state index >= 15 is 0 Å².